The Bertz CT molecular complexity index is 437. The molecule has 3 N–H and O–H groups in total. The Hall–Kier alpha value is -1.59. The van der Waals surface area contributed by atoms with Gasteiger partial charge < -0.3 is 20.5 Å². The van der Waals surface area contributed by atoms with E-state index < -0.39 is 6.10 Å². The second kappa shape index (κ2) is 7.87. The van der Waals surface area contributed by atoms with E-state index in [1.54, 1.807) is 14.0 Å². The normalized spacial score (nSPS) is 12.1. The average molecular weight is 280 g/mol. The molecule has 1 amide bonds. The van der Waals surface area contributed by atoms with Gasteiger partial charge in [0.2, 0.25) is 0 Å². The van der Waals surface area contributed by atoms with E-state index in [-0.39, 0.29) is 5.91 Å². The van der Waals surface area contributed by atoms with Gasteiger partial charge in [-0.15, -0.1) is 0 Å². The molecule has 5 nitrogen and oxygen atoms in total. The van der Waals surface area contributed by atoms with Crippen LogP contribution in [0.15, 0.2) is 12.1 Å². The number of amides is 1. The van der Waals surface area contributed by atoms with Crippen LogP contribution < -0.4 is 15.8 Å². The first-order valence-electron chi connectivity index (χ1n) is 6.73. The summed E-state index contributed by atoms with van der Waals surface area (Å²) in [7, 11) is 1.60. The molecule has 1 atom stereocenters. The highest BCUT2D eigenvalue weighted by atomic mass is 16.5. The van der Waals surface area contributed by atoms with Crippen LogP contribution in [0.1, 0.15) is 23.6 Å². The van der Waals surface area contributed by atoms with Crippen LogP contribution in [0, 0.1) is 13.8 Å². The number of hydrogen-bond acceptors (Lipinski definition) is 4. The van der Waals surface area contributed by atoms with Crippen molar-refractivity contribution in [3.05, 3.63) is 28.8 Å². The zero-order valence-corrected chi connectivity index (χ0v) is 12.7. The third kappa shape index (κ3) is 4.51. The number of rotatable bonds is 7. The molecule has 1 unspecified atom stereocenters. The van der Waals surface area contributed by atoms with Gasteiger partial charge >= 0.3 is 0 Å². The van der Waals surface area contributed by atoms with Crippen LogP contribution in [-0.4, -0.2) is 32.3 Å². The lowest BCUT2D eigenvalue weighted by Gasteiger charge is -2.18. The minimum Gasteiger partial charge on any atom is -0.480 e. The Labute approximate surface area is 120 Å². The molecule has 0 heterocycles. The second-order valence-corrected chi connectivity index (χ2v) is 4.81. The predicted molar refractivity (Wildman–Crippen MR) is 78.8 cm³/mol. The van der Waals surface area contributed by atoms with Gasteiger partial charge in [0.1, 0.15) is 5.75 Å². The predicted octanol–water partition coefficient (Wildman–Crippen LogP) is 1.29. The number of ether oxygens (including phenoxy) is 2. The molecule has 0 aliphatic rings. The second-order valence-electron chi connectivity index (χ2n) is 4.81. The molecule has 0 aliphatic heterocycles. The van der Waals surface area contributed by atoms with Gasteiger partial charge in [0.05, 0.1) is 6.61 Å². The first-order valence-corrected chi connectivity index (χ1v) is 6.73. The summed E-state index contributed by atoms with van der Waals surface area (Å²) in [6, 6.07) is 3.97. The SMILES string of the molecule is COCCNC(=O)C(C)Oc1c(C)cc(CN)cc1C. The lowest BCUT2D eigenvalue weighted by atomic mass is 10.1. The molecule has 112 valence electrons. The summed E-state index contributed by atoms with van der Waals surface area (Å²) < 4.78 is 10.7. The average Bonchev–Trinajstić information content (AvgIpc) is 2.42. The number of methoxy groups -OCH3 is 1. The van der Waals surface area contributed by atoms with Gasteiger partial charge in [0.25, 0.3) is 5.91 Å². The number of benzene rings is 1. The minimum absolute atomic E-state index is 0.149. The van der Waals surface area contributed by atoms with Crippen LogP contribution in [0.2, 0.25) is 0 Å². The van der Waals surface area contributed by atoms with Crippen LogP contribution in [-0.2, 0) is 16.1 Å². The van der Waals surface area contributed by atoms with E-state index in [0.29, 0.717) is 19.7 Å². The Balaban J connectivity index is 2.70. The van der Waals surface area contributed by atoms with Gasteiger partial charge in [-0.1, -0.05) is 12.1 Å². The van der Waals surface area contributed by atoms with Crippen molar-refractivity contribution in [3.8, 4) is 5.75 Å². The van der Waals surface area contributed by atoms with Crippen LogP contribution >= 0.6 is 0 Å². The van der Waals surface area contributed by atoms with Crippen molar-refractivity contribution in [1.82, 2.24) is 5.32 Å². The van der Waals surface area contributed by atoms with Gasteiger partial charge in [-0.25, -0.2) is 0 Å². The van der Waals surface area contributed by atoms with Crippen molar-refractivity contribution in [1.29, 1.82) is 0 Å². The lowest BCUT2D eigenvalue weighted by molar-refractivity contribution is -0.127. The zero-order valence-electron chi connectivity index (χ0n) is 12.7. The molecular weight excluding hydrogens is 256 g/mol. The number of nitrogens with two attached hydrogens (primary N) is 1. The molecular formula is C15H24N2O3. The summed E-state index contributed by atoms with van der Waals surface area (Å²) in [5.74, 6) is 0.598. The van der Waals surface area contributed by atoms with E-state index in [9.17, 15) is 4.79 Å². The first kappa shape index (κ1) is 16.5. The largest absolute Gasteiger partial charge is 0.480 e. The zero-order chi connectivity index (χ0) is 15.1. The summed E-state index contributed by atoms with van der Waals surface area (Å²) in [4.78, 5) is 11.9. The Morgan fingerprint density at radius 2 is 1.95 bits per heavy atom. The van der Waals surface area contributed by atoms with E-state index in [4.69, 9.17) is 15.2 Å². The molecule has 1 aromatic rings. The Kier molecular flexibility index (Phi) is 6.48. The van der Waals surface area contributed by atoms with E-state index in [0.717, 1.165) is 22.4 Å². The van der Waals surface area contributed by atoms with Gasteiger partial charge in [0, 0.05) is 20.2 Å². The van der Waals surface area contributed by atoms with Gasteiger partial charge in [-0.3, -0.25) is 4.79 Å². The fraction of sp³-hybridized carbons (Fsp3) is 0.533. The van der Waals surface area contributed by atoms with Crippen LogP contribution in [0.4, 0.5) is 0 Å². The van der Waals surface area contributed by atoms with Gasteiger partial charge in [-0.2, -0.15) is 0 Å². The Morgan fingerprint density at radius 3 is 2.45 bits per heavy atom. The number of hydrogen-bond donors (Lipinski definition) is 2. The number of carbonyl (C=O) groups is 1. The topological polar surface area (TPSA) is 73.6 Å². The van der Waals surface area contributed by atoms with Crippen LogP contribution in [0.5, 0.6) is 5.75 Å². The molecule has 0 aliphatic carbocycles. The minimum atomic E-state index is -0.548. The van der Waals surface area contributed by atoms with E-state index >= 15 is 0 Å². The van der Waals surface area contributed by atoms with Crippen molar-refractivity contribution >= 4 is 5.91 Å². The van der Waals surface area contributed by atoms with Gasteiger partial charge in [-0.05, 0) is 37.5 Å². The molecule has 0 spiro atoms. The van der Waals surface area contributed by atoms with Gasteiger partial charge in [0.15, 0.2) is 6.10 Å². The molecule has 0 saturated heterocycles. The molecule has 1 rings (SSSR count). The third-order valence-corrected chi connectivity index (χ3v) is 3.03. The number of aryl methyl sites for hydroxylation is 2. The van der Waals surface area contributed by atoms with E-state index in [2.05, 4.69) is 5.32 Å². The maximum atomic E-state index is 11.9. The van der Waals surface area contributed by atoms with Crippen LogP contribution in [0.25, 0.3) is 0 Å². The number of nitrogens with one attached hydrogen (secondary N) is 1. The molecule has 20 heavy (non-hydrogen) atoms. The Morgan fingerprint density at radius 1 is 1.35 bits per heavy atom. The molecule has 5 heteroatoms. The first-order chi connectivity index (χ1) is 9.49. The van der Waals surface area contributed by atoms with Crippen LogP contribution in [0.3, 0.4) is 0 Å². The quantitative estimate of drug-likeness (QED) is 0.738. The molecule has 1 aromatic carbocycles. The van der Waals surface area contributed by atoms with Crippen molar-refractivity contribution in [2.75, 3.05) is 20.3 Å². The molecule has 0 aromatic heterocycles. The number of carbonyl (C=O) groups excluding carboxylic acids is 1. The molecule has 0 fully saturated rings. The van der Waals surface area contributed by atoms with Crippen molar-refractivity contribution < 1.29 is 14.3 Å². The summed E-state index contributed by atoms with van der Waals surface area (Å²) >= 11 is 0. The monoisotopic (exact) mass is 280 g/mol. The smallest absolute Gasteiger partial charge is 0.260 e. The van der Waals surface area contributed by atoms with Crippen molar-refractivity contribution in [2.45, 2.75) is 33.4 Å². The maximum Gasteiger partial charge on any atom is 0.260 e. The summed E-state index contributed by atoms with van der Waals surface area (Å²) in [6.45, 7) is 7.11. The van der Waals surface area contributed by atoms with E-state index in [1.165, 1.54) is 0 Å². The molecule has 0 saturated carbocycles. The lowest BCUT2D eigenvalue weighted by Crippen LogP contribution is -2.38. The highest BCUT2D eigenvalue weighted by molar-refractivity contribution is 5.80. The molecule has 0 bridgehead atoms. The van der Waals surface area contributed by atoms with Crippen molar-refractivity contribution in [2.24, 2.45) is 5.73 Å². The third-order valence-electron chi connectivity index (χ3n) is 3.03. The van der Waals surface area contributed by atoms with Crippen molar-refractivity contribution in [3.63, 3.8) is 0 Å². The highest BCUT2D eigenvalue weighted by Crippen LogP contribution is 2.25. The molecule has 0 radical (unpaired) electrons. The van der Waals surface area contributed by atoms with E-state index in [1.807, 2.05) is 26.0 Å². The maximum absolute atomic E-state index is 11.9. The summed E-state index contributed by atoms with van der Waals surface area (Å²) in [6.07, 6.45) is -0.548. The fourth-order valence-corrected chi connectivity index (χ4v) is 1.99. The standard InChI is InChI=1S/C15H24N2O3/c1-10-7-13(9-16)8-11(2)14(10)20-12(3)15(18)17-5-6-19-4/h7-8,12H,5-6,9,16H2,1-4H3,(H,17,18). The summed E-state index contributed by atoms with van der Waals surface area (Å²) in [5, 5.41) is 2.76. The highest BCUT2D eigenvalue weighted by Gasteiger charge is 2.16. The fourth-order valence-electron chi connectivity index (χ4n) is 1.99. The summed E-state index contributed by atoms with van der Waals surface area (Å²) in [5.41, 5.74) is 8.67.